The van der Waals surface area contributed by atoms with Crippen LogP contribution in [0.3, 0.4) is 0 Å². The highest BCUT2D eigenvalue weighted by Gasteiger charge is 2.38. The summed E-state index contributed by atoms with van der Waals surface area (Å²) in [5.41, 5.74) is 1.82. The van der Waals surface area contributed by atoms with Crippen molar-refractivity contribution in [1.29, 1.82) is 0 Å². The number of halogens is 3. The van der Waals surface area contributed by atoms with Gasteiger partial charge in [-0.15, -0.1) is 0 Å². The summed E-state index contributed by atoms with van der Waals surface area (Å²) >= 11 is 0. The second-order valence-corrected chi connectivity index (χ2v) is 10.8. The summed E-state index contributed by atoms with van der Waals surface area (Å²) in [5, 5.41) is 14.6. The molecule has 0 unspecified atom stereocenters. The molecule has 0 radical (unpaired) electrons. The largest absolute Gasteiger partial charge is 0.490 e. The van der Waals surface area contributed by atoms with Gasteiger partial charge in [0.15, 0.2) is 0 Å². The van der Waals surface area contributed by atoms with Gasteiger partial charge < -0.3 is 30.4 Å². The van der Waals surface area contributed by atoms with Crippen LogP contribution in [0, 0.1) is 0 Å². The number of nitrogens with zero attached hydrogens (tertiary/aromatic N) is 3. The molecule has 1 fully saturated rings. The van der Waals surface area contributed by atoms with E-state index < -0.39 is 24.2 Å². The number of H-pyrrole nitrogens is 1. The van der Waals surface area contributed by atoms with Crippen LogP contribution in [0.4, 0.5) is 13.2 Å². The average Bonchev–Trinajstić information content (AvgIpc) is 3.71. The monoisotopic (exact) mass is 662 g/mol. The third-order valence-corrected chi connectivity index (χ3v) is 7.32. The number of aromatic nitrogens is 2. The van der Waals surface area contributed by atoms with Crippen molar-refractivity contribution in [2.24, 2.45) is 0 Å². The number of carboxylic acids is 1. The zero-order valence-corrected chi connectivity index (χ0v) is 25.9. The minimum absolute atomic E-state index is 0.00410. The number of methoxy groups -OCH3 is 1. The van der Waals surface area contributed by atoms with Crippen LogP contribution < -0.4 is 10.6 Å². The molecule has 3 aromatic rings. The van der Waals surface area contributed by atoms with Crippen molar-refractivity contribution in [3.8, 4) is 0 Å². The smallest absolute Gasteiger partial charge is 0.475 e. The standard InChI is InChI=1S/C29H36N6O5.C2HF3O2/c1-20(36)31-15-26(29(39)40-2)33-27(37)18-34(16-22-9-5-8-21-7-3-4-11-25(21)22)17-24-10-6-12-35(24)28(38)13-23-14-30-19-32-23;3-2(4,5)1(6)7/h3-5,7-9,11,14,19,24,26H,6,10,12-13,15-18H2,1-2H3,(H,30,32)(H,31,36)(H,33,37);(H,6,7)/t24-,26-;/m0./s1. The molecule has 0 aliphatic carbocycles. The topological polar surface area (TPSA) is 174 Å². The molecule has 1 aromatic heterocycles. The van der Waals surface area contributed by atoms with E-state index in [2.05, 4.69) is 26.7 Å². The number of carboxylic acid groups (broad SMARTS) is 1. The number of nitrogens with one attached hydrogen (secondary N) is 3. The fourth-order valence-corrected chi connectivity index (χ4v) is 5.18. The molecule has 4 N–H and O–H groups in total. The van der Waals surface area contributed by atoms with E-state index in [-0.39, 0.29) is 43.3 Å². The number of alkyl halides is 3. The molecule has 47 heavy (non-hydrogen) atoms. The third kappa shape index (κ3) is 11.4. The quantitative estimate of drug-likeness (QED) is 0.212. The van der Waals surface area contributed by atoms with Crippen LogP contribution in [-0.2, 0) is 41.7 Å². The number of carbonyl (C=O) groups excluding carboxylic acids is 4. The summed E-state index contributed by atoms with van der Waals surface area (Å²) in [6, 6.07) is 13.1. The summed E-state index contributed by atoms with van der Waals surface area (Å²) in [4.78, 5) is 69.8. The molecule has 16 heteroatoms. The molecule has 2 aromatic carbocycles. The lowest BCUT2D eigenvalue weighted by Crippen LogP contribution is -2.52. The number of aliphatic carboxylic acids is 1. The van der Waals surface area contributed by atoms with E-state index in [0.29, 0.717) is 19.6 Å². The Balaban J connectivity index is 0.000000771. The van der Waals surface area contributed by atoms with Crippen molar-refractivity contribution in [1.82, 2.24) is 30.4 Å². The molecule has 1 saturated heterocycles. The molecule has 2 atom stereocenters. The van der Waals surface area contributed by atoms with Crippen molar-refractivity contribution in [2.45, 2.75) is 51.0 Å². The van der Waals surface area contributed by atoms with Crippen LogP contribution in [0.25, 0.3) is 10.8 Å². The minimum atomic E-state index is -5.08. The Morgan fingerprint density at radius 3 is 2.49 bits per heavy atom. The van der Waals surface area contributed by atoms with Gasteiger partial charge in [0.2, 0.25) is 17.7 Å². The normalized spacial score (nSPS) is 15.0. The van der Waals surface area contributed by atoms with E-state index in [1.807, 2.05) is 46.2 Å². The second-order valence-electron chi connectivity index (χ2n) is 10.8. The summed E-state index contributed by atoms with van der Waals surface area (Å²) in [5.74, 6) is -4.08. The number of likely N-dealkylation sites (tertiary alicyclic amines) is 1. The van der Waals surface area contributed by atoms with E-state index in [9.17, 15) is 32.3 Å². The Bertz CT molecular complexity index is 1530. The number of carbonyl (C=O) groups is 5. The van der Waals surface area contributed by atoms with E-state index in [1.54, 1.807) is 12.5 Å². The van der Waals surface area contributed by atoms with E-state index >= 15 is 0 Å². The fraction of sp³-hybridized carbons (Fsp3) is 0.419. The third-order valence-electron chi connectivity index (χ3n) is 7.32. The lowest BCUT2D eigenvalue weighted by molar-refractivity contribution is -0.192. The predicted molar refractivity (Wildman–Crippen MR) is 163 cm³/mol. The number of hydrogen-bond donors (Lipinski definition) is 4. The Hall–Kier alpha value is -4.99. The highest BCUT2D eigenvalue weighted by molar-refractivity contribution is 5.87. The number of fused-ring (bicyclic) bond motifs is 1. The molecule has 13 nitrogen and oxygen atoms in total. The predicted octanol–water partition coefficient (Wildman–Crippen LogP) is 2.03. The summed E-state index contributed by atoms with van der Waals surface area (Å²) in [6.07, 6.45) is 0.0791. The number of amides is 3. The molecule has 1 aliphatic heterocycles. The lowest BCUT2D eigenvalue weighted by atomic mass is 10.0. The second kappa shape index (κ2) is 17.1. The highest BCUT2D eigenvalue weighted by atomic mass is 19.4. The van der Waals surface area contributed by atoms with Crippen LogP contribution in [0.2, 0.25) is 0 Å². The Kier molecular flexibility index (Phi) is 13.3. The maximum atomic E-state index is 13.2. The Morgan fingerprint density at radius 1 is 1.15 bits per heavy atom. The summed E-state index contributed by atoms with van der Waals surface area (Å²) < 4.78 is 36.6. The Labute approximate surface area is 268 Å². The van der Waals surface area contributed by atoms with Crippen LogP contribution in [-0.4, -0.2) is 106 Å². The first-order valence-electron chi connectivity index (χ1n) is 14.7. The summed E-state index contributed by atoms with van der Waals surface area (Å²) in [7, 11) is 1.23. The molecule has 0 saturated carbocycles. The van der Waals surface area contributed by atoms with E-state index in [1.165, 1.54) is 14.0 Å². The number of imidazole rings is 1. The maximum Gasteiger partial charge on any atom is 0.490 e. The van der Waals surface area contributed by atoms with Gasteiger partial charge in [-0.2, -0.15) is 13.2 Å². The number of ether oxygens (including phenoxy) is 1. The molecule has 2 heterocycles. The van der Waals surface area contributed by atoms with Gasteiger partial charge in [0.05, 0.1) is 26.4 Å². The van der Waals surface area contributed by atoms with Gasteiger partial charge >= 0.3 is 18.1 Å². The molecular weight excluding hydrogens is 625 g/mol. The van der Waals surface area contributed by atoms with Gasteiger partial charge in [-0.25, -0.2) is 14.6 Å². The lowest BCUT2D eigenvalue weighted by Gasteiger charge is -2.31. The number of rotatable bonds is 12. The van der Waals surface area contributed by atoms with Gasteiger partial charge in [-0.05, 0) is 29.2 Å². The molecule has 254 valence electrons. The van der Waals surface area contributed by atoms with Crippen LogP contribution >= 0.6 is 0 Å². The van der Waals surface area contributed by atoms with Gasteiger partial charge in [-0.1, -0.05) is 42.5 Å². The number of hydrogen-bond acceptors (Lipinski definition) is 8. The molecule has 0 spiro atoms. The average molecular weight is 663 g/mol. The van der Waals surface area contributed by atoms with Gasteiger partial charge in [0.1, 0.15) is 6.04 Å². The van der Waals surface area contributed by atoms with Crippen molar-refractivity contribution >= 4 is 40.4 Å². The minimum Gasteiger partial charge on any atom is -0.475 e. The van der Waals surface area contributed by atoms with E-state index in [0.717, 1.165) is 34.9 Å². The first-order valence-corrected chi connectivity index (χ1v) is 14.7. The van der Waals surface area contributed by atoms with Gasteiger partial charge in [0, 0.05) is 51.0 Å². The van der Waals surface area contributed by atoms with Crippen LogP contribution in [0.1, 0.15) is 31.0 Å². The van der Waals surface area contributed by atoms with E-state index in [4.69, 9.17) is 14.6 Å². The zero-order chi connectivity index (χ0) is 34.6. The van der Waals surface area contributed by atoms with Gasteiger partial charge in [-0.3, -0.25) is 19.3 Å². The number of aromatic amines is 1. The fourth-order valence-electron chi connectivity index (χ4n) is 5.18. The first-order chi connectivity index (χ1) is 22.3. The highest BCUT2D eigenvalue weighted by Crippen LogP contribution is 2.23. The van der Waals surface area contributed by atoms with Crippen molar-refractivity contribution in [2.75, 3.05) is 33.3 Å². The van der Waals surface area contributed by atoms with Crippen LogP contribution in [0.15, 0.2) is 55.0 Å². The molecular formula is C31H37F3N6O7. The molecule has 0 bridgehead atoms. The first kappa shape index (κ1) is 36.5. The van der Waals surface area contributed by atoms with Crippen molar-refractivity contribution in [3.05, 3.63) is 66.2 Å². The molecule has 4 rings (SSSR count). The number of benzene rings is 2. The van der Waals surface area contributed by atoms with Crippen molar-refractivity contribution < 1.29 is 47.0 Å². The van der Waals surface area contributed by atoms with Crippen molar-refractivity contribution in [3.63, 3.8) is 0 Å². The molecule has 3 amide bonds. The van der Waals surface area contributed by atoms with Gasteiger partial charge in [0.25, 0.3) is 0 Å². The summed E-state index contributed by atoms with van der Waals surface area (Å²) in [6.45, 7) is 2.88. The zero-order valence-electron chi connectivity index (χ0n) is 25.9. The number of esters is 1. The molecule has 1 aliphatic rings. The van der Waals surface area contributed by atoms with Crippen LogP contribution in [0.5, 0.6) is 0 Å². The Morgan fingerprint density at radius 2 is 1.85 bits per heavy atom. The SMILES string of the molecule is COC(=O)[C@H](CNC(C)=O)NC(=O)CN(Cc1cccc2ccccc12)C[C@@H]1CCCN1C(=O)Cc1cnc[nH]1.O=C(O)C(F)(F)F. The maximum absolute atomic E-state index is 13.2.